The van der Waals surface area contributed by atoms with Crippen LogP contribution in [-0.2, 0) is 10.0 Å². The van der Waals surface area contributed by atoms with Gasteiger partial charge in [0.05, 0.1) is 11.9 Å². The lowest BCUT2D eigenvalue weighted by molar-refractivity contribution is 0.600. The highest BCUT2D eigenvalue weighted by molar-refractivity contribution is 7.92. The molecule has 0 amide bonds. The van der Waals surface area contributed by atoms with Gasteiger partial charge in [-0.2, -0.15) is 0 Å². The maximum absolute atomic E-state index is 11.1. The van der Waals surface area contributed by atoms with Crippen molar-refractivity contribution in [3.05, 3.63) is 29.8 Å². The molecule has 15 heavy (non-hydrogen) atoms. The second-order valence-electron chi connectivity index (χ2n) is 3.07. The molecule has 0 saturated heterocycles. The lowest BCUT2D eigenvalue weighted by Gasteiger charge is -2.16. The molecule has 4 heteroatoms. The van der Waals surface area contributed by atoms with Crippen molar-refractivity contribution in [2.75, 3.05) is 17.6 Å². The topological polar surface area (TPSA) is 37.4 Å². The highest BCUT2D eigenvalue weighted by Gasteiger charge is 2.10. The number of sulfonamides is 1. The predicted octanol–water partition coefficient (Wildman–Crippen LogP) is 2.42. The average Bonchev–Trinajstić information content (AvgIpc) is 2.20. The molecule has 0 saturated carbocycles. The molecule has 0 aliphatic rings. The molecule has 1 aromatic carbocycles. The normalized spacial score (nSPS) is 10.2. The quantitative estimate of drug-likeness (QED) is 0.781. The Hall–Kier alpha value is -1.03. The number of benzene rings is 1. The lowest BCUT2D eigenvalue weighted by atomic mass is 10.2. The minimum absolute atomic E-state index is 0.688. The van der Waals surface area contributed by atoms with Crippen LogP contribution < -0.4 is 4.31 Å². The highest BCUT2D eigenvalue weighted by atomic mass is 32.2. The van der Waals surface area contributed by atoms with Crippen molar-refractivity contribution in [3.63, 3.8) is 0 Å². The molecule has 0 heterocycles. The second kappa shape index (κ2) is 5.75. The maximum atomic E-state index is 11.1. The zero-order valence-electron chi connectivity index (χ0n) is 9.98. The van der Waals surface area contributed by atoms with Crippen molar-refractivity contribution in [2.45, 2.75) is 20.8 Å². The molecule has 0 atom stereocenters. The number of hydrogen-bond donors (Lipinski definition) is 0. The van der Waals surface area contributed by atoms with Gasteiger partial charge in [0.2, 0.25) is 10.0 Å². The molecule has 0 N–H and O–H groups in total. The van der Waals surface area contributed by atoms with Gasteiger partial charge in [-0.1, -0.05) is 31.5 Å². The summed E-state index contributed by atoms with van der Waals surface area (Å²) < 4.78 is 23.5. The Morgan fingerprint density at radius 1 is 1.07 bits per heavy atom. The van der Waals surface area contributed by atoms with E-state index in [0.29, 0.717) is 5.69 Å². The smallest absolute Gasteiger partial charge is 0.231 e. The summed E-state index contributed by atoms with van der Waals surface area (Å²) in [5, 5.41) is 0. The summed E-state index contributed by atoms with van der Waals surface area (Å²) in [5.41, 5.74) is 1.80. The molecule has 0 aromatic heterocycles. The maximum Gasteiger partial charge on any atom is 0.231 e. The third-order valence-electron chi connectivity index (χ3n) is 1.90. The molecular weight excluding hydrogens is 210 g/mol. The van der Waals surface area contributed by atoms with Crippen molar-refractivity contribution in [1.29, 1.82) is 0 Å². The average molecular weight is 229 g/mol. The number of anilines is 1. The van der Waals surface area contributed by atoms with Crippen LogP contribution in [0.3, 0.4) is 0 Å². The number of hydrogen-bond acceptors (Lipinski definition) is 2. The van der Waals surface area contributed by atoms with E-state index < -0.39 is 10.0 Å². The van der Waals surface area contributed by atoms with Gasteiger partial charge in [0.1, 0.15) is 0 Å². The third-order valence-corrected chi connectivity index (χ3v) is 3.10. The number of rotatable bonds is 2. The lowest BCUT2D eigenvalue weighted by Crippen LogP contribution is -2.24. The Kier molecular flexibility index (Phi) is 5.36. The third kappa shape index (κ3) is 4.34. The molecule has 1 rings (SSSR count). The minimum Gasteiger partial charge on any atom is -0.274 e. The molecule has 1 aromatic rings. The van der Waals surface area contributed by atoms with E-state index in [1.54, 1.807) is 19.2 Å². The van der Waals surface area contributed by atoms with E-state index in [4.69, 9.17) is 0 Å². The van der Waals surface area contributed by atoms with E-state index >= 15 is 0 Å². The number of nitrogens with zero attached hydrogens (tertiary/aromatic N) is 1. The molecular formula is C11H19NO2S. The molecule has 0 bridgehead atoms. The molecule has 0 radical (unpaired) electrons. The fourth-order valence-electron chi connectivity index (χ4n) is 0.946. The van der Waals surface area contributed by atoms with Crippen LogP contribution in [0.2, 0.25) is 0 Å². The van der Waals surface area contributed by atoms with Crippen LogP contribution in [-0.4, -0.2) is 21.7 Å². The van der Waals surface area contributed by atoms with Crippen LogP contribution in [0.1, 0.15) is 19.4 Å². The van der Waals surface area contributed by atoms with Crippen LogP contribution in [0.25, 0.3) is 0 Å². The first-order valence-corrected chi connectivity index (χ1v) is 6.76. The van der Waals surface area contributed by atoms with E-state index in [-0.39, 0.29) is 0 Å². The van der Waals surface area contributed by atoms with Crippen LogP contribution in [0.4, 0.5) is 5.69 Å². The van der Waals surface area contributed by atoms with E-state index in [1.165, 1.54) is 10.6 Å². The SMILES string of the molecule is CC.Cc1ccc(N(C)S(C)(=O)=O)cc1. The van der Waals surface area contributed by atoms with Gasteiger partial charge in [0.25, 0.3) is 0 Å². The first-order valence-electron chi connectivity index (χ1n) is 4.92. The van der Waals surface area contributed by atoms with Gasteiger partial charge in [0.15, 0.2) is 0 Å². The Balaban J connectivity index is 0.000000921. The van der Waals surface area contributed by atoms with Crippen molar-refractivity contribution < 1.29 is 8.42 Å². The van der Waals surface area contributed by atoms with Gasteiger partial charge in [0, 0.05) is 7.05 Å². The Bertz CT molecular complexity index is 382. The fraction of sp³-hybridized carbons (Fsp3) is 0.455. The van der Waals surface area contributed by atoms with E-state index in [9.17, 15) is 8.42 Å². The molecule has 86 valence electrons. The van der Waals surface area contributed by atoms with Gasteiger partial charge >= 0.3 is 0 Å². The monoisotopic (exact) mass is 229 g/mol. The Morgan fingerprint density at radius 3 is 1.80 bits per heavy atom. The summed E-state index contributed by atoms with van der Waals surface area (Å²) in [5.74, 6) is 0. The minimum atomic E-state index is -3.14. The van der Waals surface area contributed by atoms with Crippen LogP contribution >= 0.6 is 0 Å². The largest absolute Gasteiger partial charge is 0.274 e. The zero-order chi connectivity index (χ0) is 12.1. The molecule has 3 nitrogen and oxygen atoms in total. The van der Waals surface area contributed by atoms with Crippen LogP contribution in [0, 0.1) is 6.92 Å². The molecule has 0 unspecified atom stereocenters. The van der Waals surface area contributed by atoms with Gasteiger partial charge in [-0.3, -0.25) is 4.31 Å². The second-order valence-corrected chi connectivity index (χ2v) is 5.08. The summed E-state index contributed by atoms with van der Waals surface area (Å²) in [6.45, 7) is 5.96. The fourth-order valence-corrected chi connectivity index (χ4v) is 1.45. The van der Waals surface area contributed by atoms with E-state index in [2.05, 4.69) is 0 Å². The zero-order valence-corrected chi connectivity index (χ0v) is 10.8. The molecule has 0 fully saturated rings. The number of aryl methyl sites for hydroxylation is 1. The predicted molar refractivity (Wildman–Crippen MR) is 65.8 cm³/mol. The van der Waals surface area contributed by atoms with Crippen molar-refractivity contribution in [1.82, 2.24) is 0 Å². The first kappa shape index (κ1) is 14.0. The van der Waals surface area contributed by atoms with Crippen LogP contribution in [0.15, 0.2) is 24.3 Å². The summed E-state index contributed by atoms with van der Waals surface area (Å²) in [7, 11) is -1.59. The molecule has 0 aliphatic carbocycles. The van der Waals surface area contributed by atoms with Crippen molar-refractivity contribution in [3.8, 4) is 0 Å². The van der Waals surface area contributed by atoms with Gasteiger partial charge in [-0.15, -0.1) is 0 Å². The summed E-state index contributed by atoms with van der Waals surface area (Å²) in [6.07, 6.45) is 1.19. The van der Waals surface area contributed by atoms with E-state index in [1.807, 2.05) is 32.9 Å². The standard InChI is InChI=1S/C9H13NO2S.C2H6/c1-8-4-6-9(7-5-8)10(2)13(3,11)12;1-2/h4-7H,1-3H3;1-2H3. The first-order chi connectivity index (χ1) is 6.91. The van der Waals surface area contributed by atoms with Gasteiger partial charge < -0.3 is 0 Å². The Labute approximate surface area is 92.8 Å². The van der Waals surface area contributed by atoms with Gasteiger partial charge in [-0.25, -0.2) is 8.42 Å². The molecule has 0 spiro atoms. The summed E-state index contributed by atoms with van der Waals surface area (Å²) >= 11 is 0. The summed E-state index contributed by atoms with van der Waals surface area (Å²) in [6, 6.07) is 7.35. The van der Waals surface area contributed by atoms with E-state index in [0.717, 1.165) is 5.56 Å². The van der Waals surface area contributed by atoms with Gasteiger partial charge in [-0.05, 0) is 19.1 Å². The van der Waals surface area contributed by atoms with Crippen LogP contribution in [0.5, 0.6) is 0 Å². The molecule has 0 aliphatic heterocycles. The highest BCUT2D eigenvalue weighted by Crippen LogP contribution is 2.15. The van der Waals surface area contributed by atoms with Crippen molar-refractivity contribution >= 4 is 15.7 Å². The summed E-state index contributed by atoms with van der Waals surface area (Å²) in [4.78, 5) is 0. The van der Waals surface area contributed by atoms with Crippen molar-refractivity contribution in [2.24, 2.45) is 0 Å². The Morgan fingerprint density at radius 2 is 1.47 bits per heavy atom.